The summed E-state index contributed by atoms with van der Waals surface area (Å²) in [5, 5.41) is 0.285. The zero-order chi connectivity index (χ0) is 7.02. The van der Waals surface area contributed by atoms with Crippen LogP contribution < -0.4 is 0 Å². The number of hydrogen-bond donors (Lipinski definition) is 0. The van der Waals surface area contributed by atoms with E-state index in [-0.39, 0.29) is 5.25 Å². The molecule has 0 atom stereocenters. The van der Waals surface area contributed by atoms with Crippen LogP contribution in [-0.2, 0) is 6.24 Å². The molecule has 0 heterocycles. The lowest BCUT2D eigenvalue weighted by atomic mass is 10.6. The van der Waals surface area contributed by atoms with Crippen molar-refractivity contribution < 1.29 is 4.21 Å². The van der Waals surface area contributed by atoms with E-state index in [9.17, 15) is 4.21 Å². The summed E-state index contributed by atoms with van der Waals surface area (Å²) in [5.41, 5.74) is 0. The van der Waals surface area contributed by atoms with Crippen molar-refractivity contribution in [1.82, 2.24) is 0 Å². The zero-order valence-electron chi connectivity index (χ0n) is 5.77. The molecule has 0 saturated heterocycles. The second-order valence-corrected chi connectivity index (χ2v) is 15.2. The molecule has 0 N–H and O–H groups in total. The van der Waals surface area contributed by atoms with Gasteiger partial charge >= 0.3 is 0 Å². The van der Waals surface area contributed by atoms with Crippen molar-refractivity contribution in [2.45, 2.75) is 19.1 Å². The van der Waals surface area contributed by atoms with Gasteiger partial charge in [-0.1, -0.05) is 20.1 Å². The van der Waals surface area contributed by atoms with Gasteiger partial charge < -0.3 is 0 Å². The van der Waals surface area contributed by atoms with Crippen molar-refractivity contribution in [3.8, 4) is 0 Å². The molecule has 1 nitrogen and oxygen atoms in total. The summed E-state index contributed by atoms with van der Waals surface area (Å²) < 4.78 is 11.5. The summed E-state index contributed by atoms with van der Waals surface area (Å²) >= 11 is 2.05. The SMILES string of the molecule is CC(C)S(C)(C)(=O)I. The second-order valence-electron chi connectivity index (χ2n) is 2.82. The molecule has 0 rings (SSSR count). The first-order chi connectivity index (χ1) is 3.20. The van der Waals surface area contributed by atoms with Gasteiger partial charge in [-0.2, -0.15) is 0 Å². The van der Waals surface area contributed by atoms with Crippen molar-refractivity contribution in [3.05, 3.63) is 0 Å². The van der Waals surface area contributed by atoms with Crippen LogP contribution in [0, 0.1) is 0 Å². The Kier molecular flexibility index (Phi) is 2.15. The van der Waals surface area contributed by atoms with Crippen molar-refractivity contribution >= 4 is 27.4 Å². The van der Waals surface area contributed by atoms with Gasteiger partial charge in [0.1, 0.15) is 0 Å². The highest BCUT2D eigenvalue weighted by atomic mass is 127. The highest BCUT2D eigenvalue weighted by Crippen LogP contribution is 2.31. The van der Waals surface area contributed by atoms with Crippen molar-refractivity contribution in [1.29, 1.82) is 0 Å². The van der Waals surface area contributed by atoms with Crippen molar-refractivity contribution in [2.24, 2.45) is 0 Å². The summed E-state index contributed by atoms with van der Waals surface area (Å²) in [6.45, 7) is 3.97. The van der Waals surface area contributed by atoms with Gasteiger partial charge in [-0.25, -0.2) is 0 Å². The van der Waals surface area contributed by atoms with E-state index in [1.807, 2.05) is 26.4 Å². The lowest BCUT2D eigenvalue weighted by Gasteiger charge is -2.30. The Hall–Kier alpha value is 0.880. The standard InChI is InChI=1S/C5H13IOS/c1-5(2)8(3,4,6)7/h5H,1-4H3. The zero-order valence-corrected chi connectivity index (χ0v) is 8.75. The summed E-state index contributed by atoms with van der Waals surface area (Å²) in [7, 11) is 0. The van der Waals surface area contributed by atoms with Gasteiger partial charge in [0.05, 0.1) is 0 Å². The van der Waals surface area contributed by atoms with Crippen molar-refractivity contribution in [2.75, 3.05) is 12.5 Å². The predicted molar refractivity (Wildman–Crippen MR) is 49.1 cm³/mol. The Labute approximate surface area is 63.2 Å². The lowest BCUT2D eigenvalue weighted by molar-refractivity contribution is 0.670. The van der Waals surface area contributed by atoms with Crippen LogP contribution in [0.1, 0.15) is 13.8 Å². The summed E-state index contributed by atoms with van der Waals surface area (Å²) in [6.07, 6.45) is 1.40. The molecule has 0 spiro atoms. The Morgan fingerprint density at radius 1 is 1.38 bits per heavy atom. The fourth-order valence-corrected chi connectivity index (χ4v) is 0. The van der Waals surface area contributed by atoms with Crippen molar-refractivity contribution in [3.63, 3.8) is 0 Å². The first-order valence-electron chi connectivity index (χ1n) is 2.53. The molecule has 0 bridgehead atoms. The molecule has 0 aromatic rings. The molecular weight excluding hydrogens is 235 g/mol. The van der Waals surface area contributed by atoms with E-state index in [1.54, 1.807) is 0 Å². The van der Waals surface area contributed by atoms with E-state index in [2.05, 4.69) is 21.2 Å². The van der Waals surface area contributed by atoms with Crippen LogP contribution in [-0.4, -0.2) is 22.0 Å². The van der Waals surface area contributed by atoms with E-state index in [0.29, 0.717) is 0 Å². The molecule has 0 aliphatic heterocycles. The van der Waals surface area contributed by atoms with Crippen LogP contribution in [0.25, 0.3) is 0 Å². The topological polar surface area (TPSA) is 17.1 Å². The Morgan fingerprint density at radius 2 is 1.50 bits per heavy atom. The largest absolute Gasteiger partial charge is 0.273 e. The monoisotopic (exact) mass is 248 g/mol. The smallest absolute Gasteiger partial charge is 0.0170 e. The molecule has 0 fully saturated rings. The van der Waals surface area contributed by atoms with E-state index in [1.165, 1.54) is 0 Å². The maximum Gasteiger partial charge on any atom is 0.0170 e. The molecule has 0 aliphatic rings. The summed E-state index contributed by atoms with van der Waals surface area (Å²) in [4.78, 5) is 0. The molecule has 52 valence electrons. The Morgan fingerprint density at radius 3 is 1.50 bits per heavy atom. The molecule has 0 unspecified atom stereocenters. The van der Waals surface area contributed by atoms with Gasteiger partial charge in [0.2, 0.25) is 0 Å². The summed E-state index contributed by atoms with van der Waals surface area (Å²) in [6, 6.07) is 0. The minimum absolute atomic E-state index is 0.285. The molecule has 0 aromatic carbocycles. The van der Waals surface area contributed by atoms with Gasteiger partial charge in [0.15, 0.2) is 0 Å². The predicted octanol–water partition coefficient (Wildman–Crippen LogP) is 1.82. The van der Waals surface area contributed by atoms with Crippen LogP contribution in [0.15, 0.2) is 0 Å². The second kappa shape index (κ2) is 1.94. The highest BCUT2D eigenvalue weighted by molar-refractivity contribution is 14.2. The molecule has 3 heteroatoms. The molecule has 8 heavy (non-hydrogen) atoms. The first kappa shape index (κ1) is 8.88. The van der Waals surface area contributed by atoms with Gasteiger partial charge in [0, 0.05) is 39.0 Å². The highest BCUT2D eigenvalue weighted by Gasteiger charge is 2.24. The van der Waals surface area contributed by atoms with Crippen LogP contribution in [0.5, 0.6) is 0 Å². The minimum atomic E-state index is -2.24. The van der Waals surface area contributed by atoms with E-state index >= 15 is 0 Å². The molecule has 0 aliphatic carbocycles. The lowest BCUT2D eigenvalue weighted by Crippen LogP contribution is -2.30. The Balaban J connectivity index is 4.40. The third kappa shape index (κ3) is 3.02. The molecular formula is C5H13IOS. The minimum Gasteiger partial charge on any atom is -0.273 e. The van der Waals surface area contributed by atoms with Gasteiger partial charge in [-0.3, -0.25) is 4.21 Å². The van der Waals surface area contributed by atoms with Crippen LogP contribution in [0.3, 0.4) is 0 Å². The van der Waals surface area contributed by atoms with Crippen LogP contribution >= 0.6 is 21.2 Å². The first-order valence-corrected chi connectivity index (χ1v) is 7.92. The molecule has 0 aromatic heterocycles. The number of rotatable bonds is 1. The van der Waals surface area contributed by atoms with Gasteiger partial charge in [-0.05, 0) is 0 Å². The normalized spacial score (nSPS) is 18.0. The number of halogens is 1. The summed E-state index contributed by atoms with van der Waals surface area (Å²) in [5.74, 6) is 0. The van der Waals surface area contributed by atoms with Crippen LogP contribution in [0.2, 0.25) is 0 Å². The molecule has 0 saturated carbocycles. The van der Waals surface area contributed by atoms with Crippen LogP contribution in [0.4, 0.5) is 0 Å². The molecule has 0 amide bonds. The average molecular weight is 248 g/mol. The average Bonchev–Trinajstić information content (AvgIpc) is 1.27. The third-order valence-corrected chi connectivity index (χ3v) is 6.99. The fraction of sp³-hybridized carbons (Fsp3) is 1.00. The van der Waals surface area contributed by atoms with Gasteiger partial charge in [0.25, 0.3) is 0 Å². The van der Waals surface area contributed by atoms with E-state index in [4.69, 9.17) is 0 Å². The number of hydrogen-bond acceptors (Lipinski definition) is 1. The van der Waals surface area contributed by atoms with E-state index < -0.39 is 6.24 Å². The third-order valence-electron chi connectivity index (χ3n) is 1.31. The Bertz CT molecular complexity index is 133. The maximum absolute atomic E-state index is 11.5. The molecule has 0 radical (unpaired) electrons. The fourth-order valence-electron chi connectivity index (χ4n) is 0. The van der Waals surface area contributed by atoms with E-state index in [0.717, 1.165) is 0 Å². The quantitative estimate of drug-likeness (QED) is 0.511. The van der Waals surface area contributed by atoms with Gasteiger partial charge in [-0.15, -0.1) is 0 Å². The maximum atomic E-state index is 11.5.